The average molecular weight is 374 g/mol. The molecular weight excluding hydrogens is 363 g/mol. The summed E-state index contributed by atoms with van der Waals surface area (Å²) in [4.78, 5) is 22.2. The Morgan fingerprint density at radius 2 is 1.85 bits per heavy atom. The second kappa shape index (κ2) is 7.66. The molecule has 1 N–H and O–H groups in total. The van der Waals surface area contributed by atoms with Crippen LogP contribution in [0, 0.1) is 15.9 Å². The average Bonchev–Trinajstić information content (AvgIpc) is 3.08. The summed E-state index contributed by atoms with van der Waals surface area (Å²) in [5.74, 6) is -0.329. The number of hydrogen-bond donors (Lipinski definition) is 1. The Morgan fingerprint density at radius 1 is 1.15 bits per heavy atom. The molecule has 0 saturated heterocycles. The van der Waals surface area contributed by atoms with Gasteiger partial charge in [0.25, 0.3) is 11.6 Å². The second-order valence-corrected chi connectivity index (χ2v) is 6.06. The quantitative estimate of drug-likeness (QED) is 0.523. The van der Waals surface area contributed by atoms with Crippen LogP contribution in [0.2, 0.25) is 0 Å². The Morgan fingerprint density at radius 3 is 2.50 bits per heavy atom. The zero-order valence-corrected chi connectivity index (χ0v) is 13.9. The van der Waals surface area contributed by atoms with E-state index in [0.29, 0.717) is 10.8 Å². The minimum atomic E-state index is -0.542. The number of nitrogens with zero attached hydrogens (tertiary/aromatic N) is 3. The van der Waals surface area contributed by atoms with Crippen LogP contribution in [0.15, 0.2) is 48.5 Å². The van der Waals surface area contributed by atoms with Crippen molar-refractivity contribution in [3.8, 4) is 5.75 Å². The number of benzene rings is 2. The van der Waals surface area contributed by atoms with Crippen molar-refractivity contribution in [1.82, 2.24) is 10.2 Å². The Labute approximate surface area is 150 Å². The molecule has 0 atom stereocenters. The van der Waals surface area contributed by atoms with E-state index in [0.717, 1.165) is 11.3 Å². The van der Waals surface area contributed by atoms with Crippen molar-refractivity contribution in [3.63, 3.8) is 0 Å². The number of carbonyl (C=O) groups is 1. The van der Waals surface area contributed by atoms with Crippen LogP contribution in [0.5, 0.6) is 5.75 Å². The fourth-order valence-electron chi connectivity index (χ4n) is 1.94. The van der Waals surface area contributed by atoms with Gasteiger partial charge in [-0.2, -0.15) is 0 Å². The fourth-order valence-corrected chi connectivity index (χ4v) is 2.59. The number of ether oxygens (including phenoxy) is 1. The molecule has 0 aliphatic heterocycles. The Balaban J connectivity index is 1.58. The molecule has 26 heavy (non-hydrogen) atoms. The number of nitrogens with one attached hydrogen (secondary N) is 1. The van der Waals surface area contributed by atoms with Crippen LogP contribution >= 0.6 is 11.3 Å². The molecule has 0 saturated carbocycles. The van der Waals surface area contributed by atoms with Crippen LogP contribution in [0.4, 0.5) is 15.2 Å². The van der Waals surface area contributed by atoms with Crippen LogP contribution in [0.3, 0.4) is 0 Å². The lowest BCUT2D eigenvalue weighted by Gasteiger charge is -2.02. The van der Waals surface area contributed by atoms with Gasteiger partial charge in [0, 0.05) is 17.7 Å². The molecule has 0 spiro atoms. The van der Waals surface area contributed by atoms with E-state index in [2.05, 4.69) is 15.5 Å². The summed E-state index contributed by atoms with van der Waals surface area (Å²) in [5, 5.41) is 21.7. The molecule has 10 heteroatoms. The summed E-state index contributed by atoms with van der Waals surface area (Å²) in [6.45, 7) is 0.122. The number of anilines is 1. The van der Waals surface area contributed by atoms with Gasteiger partial charge in [-0.3, -0.25) is 20.2 Å². The third kappa shape index (κ3) is 4.36. The second-order valence-electron chi connectivity index (χ2n) is 5.00. The Bertz CT molecular complexity index is 928. The van der Waals surface area contributed by atoms with Crippen molar-refractivity contribution in [1.29, 1.82) is 0 Å². The summed E-state index contributed by atoms with van der Waals surface area (Å²) >= 11 is 1.12. The Hall–Kier alpha value is -3.40. The van der Waals surface area contributed by atoms with Gasteiger partial charge in [-0.25, -0.2) is 4.39 Å². The van der Waals surface area contributed by atoms with Crippen molar-refractivity contribution in [2.45, 2.75) is 6.61 Å². The number of rotatable bonds is 6. The highest BCUT2D eigenvalue weighted by atomic mass is 32.1. The van der Waals surface area contributed by atoms with Crippen LogP contribution < -0.4 is 10.1 Å². The molecule has 0 aliphatic carbocycles. The van der Waals surface area contributed by atoms with Gasteiger partial charge in [0.05, 0.1) is 4.92 Å². The van der Waals surface area contributed by atoms with Crippen LogP contribution in [0.25, 0.3) is 0 Å². The fraction of sp³-hybridized carbons (Fsp3) is 0.0625. The first kappa shape index (κ1) is 17.4. The van der Waals surface area contributed by atoms with E-state index in [1.165, 1.54) is 48.5 Å². The summed E-state index contributed by atoms with van der Waals surface area (Å²) in [6.07, 6.45) is 0. The zero-order valence-electron chi connectivity index (χ0n) is 13.1. The lowest BCUT2D eigenvalue weighted by Crippen LogP contribution is -2.11. The third-order valence-electron chi connectivity index (χ3n) is 3.20. The molecular formula is C16H11FN4O4S. The molecule has 0 radical (unpaired) electrons. The summed E-state index contributed by atoms with van der Waals surface area (Å²) in [6, 6.07) is 10.8. The maximum Gasteiger partial charge on any atom is 0.269 e. The lowest BCUT2D eigenvalue weighted by atomic mass is 10.2. The topological polar surface area (TPSA) is 107 Å². The van der Waals surface area contributed by atoms with Crippen LogP contribution in [-0.4, -0.2) is 21.0 Å². The summed E-state index contributed by atoms with van der Waals surface area (Å²) in [7, 11) is 0. The number of amides is 1. The zero-order chi connectivity index (χ0) is 18.5. The molecule has 132 valence electrons. The number of non-ortho nitro benzene ring substituents is 1. The van der Waals surface area contributed by atoms with Crippen molar-refractivity contribution in [3.05, 3.63) is 75.0 Å². The standard InChI is InChI=1S/C16H11FN4O4S/c17-11-3-7-13(8-4-11)25-9-14-19-20-16(26-14)18-15(22)10-1-5-12(6-2-10)21(23)24/h1-8H,9H2,(H,18,20,22). The number of carbonyl (C=O) groups excluding carboxylic acids is 1. The first-order valence-corrected chi connectivity index (χ1v) is 8.09. The van der Waals surface area contributed by atoms with Gasteiger partial charge in [0.1, 0.15) is 18.2 Å². The molecule has 0 fully saturated rings. The van der Waals surface area contributed by atoms with E-state index in [4.69, 9.17) is 4.74 Å². The summed E-state index contributed by atoms with van der Waals surface area (Å²) < 4.78 is 18.3. The highest BCUT2D eigenvalue weighted by molar-refractivity contribution is 7.15. The van der Waals surface area contributed by atoms with E-state index in [-0.39, 0.29) is 28.8 Å². The van der Waals surface area contributed by atoms with Crippen LogP contribution in [-0.2, 0) is 6.61 Å². The van der Waals surface area contributed by atoms with Crippen molar-refractivity contribution in [2.24, 2.45) is 0 Å². The van der Waals surface area contributed by atoms with Gasteiger partial charge in [0.15, 0.2) is 5.01 Å². The van der Waals surface area contributed by atoms with Gasteiger partial charge < -0.3 is 4.74 Å². The van der Waals surface area contributed by atoms with Crippen LogP contribution in [0.1, 0.15) is 15.4 Å². The SMILES string of the molecule is O=C(Nc1nnc(COc2ccc(F)cc2)s1)c1ccc([N+](=O)[O-])cc1. The number of hydrogen-bond acceptors (Lipinski definition) is 7. The number of halogens is 1. The minimum Gasteiger partial charge on any atom is -0.486 e. The molecule has 3 aromatic rings. The van der Waals surface area contributed by atoms with E-state index in [9.17, 15) is 19.3 Å². The first-order valence-electron chi connectivity index (χ1n) is 7.28. The van der Waals surface area contributed by atoms with Gasteiger partial charge in [-0.1, -0.05) is 11.3 Å². The number of aromatic nitrogens is 2. The lowest BCUT2D eigenvalue weighted by molar-refractivity contribution is -0.384. The third-order valence-corrected chi connectivity index (χ3v) is 4.02. The van der Waals surface area contributed by atoms with Crippen molar-refractivity contribution < 1.29 is 18.8 Å². The molecule has 1 amide bonds. The molecule has 1 heterocycles. The predicted molar refractivity (Wildman–Crippen MR) is 91.7 cm³/mol. The van der Waals surface area contributed by atoms with Gasteiger partial charge >= 0.3 is 0 Å². The maximum atomic E-state index is 12.8. The Kier molecular flexibility index (Phi) is 5.13. The number of nitro benzene ring substituents is 1. The van der Waals surface area contributed by atoms with Gasteiger partial charge in [0.2, 0.25) is 5.13 Å². The first-order chi connectivity index (χ1) is 12.5. The van der Waals surface area contributed by atoms with E-state index in [1.807, 2.05) is 0 Å². The minimum absolute atomic E-state index is 0.0994. The molecule has 3 rings (SSSR count). The molecule has 2 aromatic carbocycles. The molecule has 8 nitrogen and oxygen atoms in total. The van der Waals surface area contributed by atoms with E-state index < -0.39 is 10.8 Å². The van der Waals surface area contributed by atoms with E-state index >= 15 is 0 Å². The molecule has 0 aliphatic rings. The van der Waals surface area contributed by atoms with E-state index in [1.54, 1.807) is 0 Å². The number of nitro groups is 1. The van der Waals surface area contributed by atoms with Gasteiger partial charge in [-0.15, -0.1) is 10.2 Å². The normalized spacial score (nSPS) is 10.3. The molecule has 1 aromatic heterocycles. The smallest absolute Gasteiger partial charge is 0.269 e. The highest BCUT2D eigenvalue weighted by Crippen LogP contribution is 2.20. The van der Waals surface area contributed by atoms with Crippen molar-refractivity contribution in [2.75, 3.05) is 5.32 Å². The highest BCUT2D eigenvalue weighted by Gasteiger charge is 2.12. The maximum absolute atomic E-state index is 12.8. The molecule has 0 unspecified atom stereocenters. The van der Waals surface area contributed by atoms with Gasteiger partial charge in [-0.05, 0) is 36.4 Å². The van der Waals surface area contributed by atoms with Crippen molar-refractivity contribution >= 4 is 28.1 Å². The largest absolute Gasteiger partial charge is 0.486 e. The summed E-state index contributed by atoms with van der Waals surface area (Å²) in [5.41, 5.74) is 0.160. The predicted octanol–water partition coefficient (Wildman–Crippen LogP) is 3.42. The molecule has 0 bridgehead atoms. The monoisotopic (exact) mass is 374 g/mol.